The molecular weight excluding hydrogens is 362 g/mol. The average molecular weight is 394 g/mol. The molecule has 2 aromatic rings. The highest BCUT2D eigenvalue weighted by atomic mass is 16.2. The molecule has 0 radical (unpaired) electrons. The van der Waals surface area contributed by atoms with Gasteiger partial charge < -0.3 is 9.47 Å². The summed E-state index contributed by atoms with van der Waals surface area (Å²) >= 11 is 0. The number of amides is 1. The summed E-state index contributed by atoms with van der Waals surface area (Å²) in [6, 6.07) is 8.57. The number of benzene rings is 1. The standard InChI is InChI=1S/C23H31N5O/c1-17-14-18-8-4-5-10-20(18)28(17)22(29)16-26-12-7-9-19(15-26)23-25-24-21-11-3-2-6-13-27(21)23/h4-5,8,10,17,19H,2-3,6-7,9,11-16H2,1H3. The monoisotopic (exact) mass is 393 g/mol. The van der Waals surface area contributed by atoms with E-state index in [0.717, 1.165) is 62.7 Å². The number of likely N-dealkylation sites (tertiary alicyclic amines) is 1. The van der Waals surface area contributed by atoms with Crippen LogP contribution in [0.2, 0.25) is 0 Å². The molecule has 0 aliphatic carbocycles. The molecule has 3 aliphatic rings. The lowest BCUT2D eigenvalue weighted by molar-refractivity contribution is -0.120. The zero-order chi connectivity index (χ0) is 19.8. The van der Waals surface area contributed by atoms with E-state index in [1.54, 1.807) is 0 Å². The van der Waals surface area contributed by atoms with Gasteiger partial charge in [-0.05, 0) is 57.2 Å². The number of nitrogens with zero attached hydrogens (tertiary/aromatic N) is 5. The van der Waals surface area contributed by atoms with Gasteiger partial charge in [-0.1, -0.05) is 24.6 Å². The summed E-state index contributed by atoms with van der Waals surface area (Å²) in [5.41, 5.74) is 2.39. The van der Waals surface area contributed by atoms with E-state index in [0.29, 0.717) is 12.5 Å². The number of para-hydroxylation sites is 1. The minimum atomic E-state index is 0.225. The molecule has 1 saturated heterocycles. The lowest BCUT2D eigenvalue weighted by Crippen LogP contribution is -2.46. The van der Waals surface area contributed by atoms with E-state index >= 15 is 0 Å². The maximum absolute atomic E-state index is 13.2. The number of aromatic nitrogens is 3. The van der Waals surface area contributed by atoms with Crippen molar-refractivity contribution in [1.82, 2.24) is 19.7 Å². The molecular formula is C23H31N5O. The fourth-order valence-electron chi connectivity index (χ4n) is 5.43. The van der Waals surface area contributed by atoms with Crippen LogP contribution >= 0.6 is 0 Å². The predicted octanol–water partition coefficient (Wildman–Crippen LogP) is 3.16. The molecule has 6 heteroatoms. The molecule has 29 heavy (non-hydrogen) atoms. The minimum Gasteiger partial charge on any atom is -0.315 e. The molecule has 6 nitrogen and oxygen atoms in total. The number of rotatable bonds is 3. The van der Waals surface area contributed by atoms with Crippen molar-refractivity contribution in [2.45, 2.75) is 70.4 Å². The number of fused-ring (bicyclic) bond motifs is 2. The number of aryl methyl sites for hydroxylation is 1. The van der Waals surface area contributed by atoms with Gasteiger partial charge in [0.1, 0.15) is 11.6 Å². The van der Waals surface area contributed by atoms with Gasteiger partial charge in [-0.2, -0.15) is 0 Å². The maximum atomic E-state index is 13.2. The Kier molecular flexibility index (Phi) is 5.12. The van der Waals surface area contributed by atoms with Crippen molar-refractivity contribution in [3.05, 3.63) is 41.5 Å². The van der Waals surface area contributed by atoms with Crippen LogP contribution < -0.4 is 4.90 Å². The van der Waals surface area contributed by atoms with Crippen molar-refractivity contribution in [3.63, 3.8) is 0 Å². The molecule has 2 unspecified atom stereocenters. The number of anilines is 1. The topological polar surface area (TPSA) is 54.3 Å². The first-order chi connectivity index (χ1) is 14.2. The van der Waals surface area contributed by atoms with Gasteiger partial charge in [0.25, 0.3) is 0 Å². The summed E-state index contributed by atoms with van der Waals surface area (Å²) in [7, 11) is 0. The van der Waals surface area contributed by atoms with Crippen LogP contribution in [0.4, 0.5) is 5.69 Å². The summed E-state index contributed by atoms with van der Waals surface area (Å²) in [6.45, 7) is 5.61. The Hall–Kier alpha value is -2.21. The van der Waals surface area contributed by atoms with Crippen molar-refractivity contribution in [3.8, 4) is 0 Å². The Morgan fingerprint density at radius 3 is 2.93 bits per heavy atom. The Morgan fingerprint density at radius 1 is 1.10 bits per heavy atom. The maximum Gasteiger partial charge on any atom is 0.241 e. The summed E-state index contributed by atoms with van der Waals surface area (Å²) in [5.74, 6) is 2.93. The highest BCUT2D eigenvalue weighted by Crippen LogP contribution is 2.33. The van der Waals surface area contributed by atoms with E-state index in [1.165, 1.54) is 24.8 Å². The molecule has 5 rings (SSSR count). The number of carbonyl (C=O) groups is 1. The molecule has 1 amide bonds. The normalized spacial score (nSPS) is 24.8. The Bertz CT molecular complexity index is 891. The molecule has 1 aromatic carbocycles. The van der Waals surface area contributed by atoms with Crippen LogP contribution in [0.1, 0.15) is 62.2 Å². The van der Waals surface area contributed by atoms with Crippen LogP contribution in [0.25, 0.3) is 0 Å². The molecule has 1 aromatic heterocycles. The van der Waals surface area contributed by atoms with Gasteiger partial charge in [-0.15, -0.1) is 10.2 Å². The van der Waals surface area contributed by atoms with Crippen molar-refractivity contribution in [1.29, 1.82) is 0 Å². The summed E-state index contributed by atoms with van der Waals surface area (Å²) in [6.07, 6.45) is 7.99. The van der Waals surface area contributed by atoms with Crippen LogP contribution in [0.5, 0.6) is 0 Å². The summed E-state index contributed by atoms with van der Waals surface area (Å²) in [5, 5.41) is 9.08. The van der Waals surface area contributed by atoms with Crippen molar-refractivity contribution in [2.75, 3.05) is 24.5 Å². The quantitative estimate of drug-likeness (QED) is 0.804. The van der Waals surface area contributed by atoms with Crippen LogP contribution in [0.15, 0.2) is 24.3 Å². The van der Waals surface area contributed by atoms with Crippen LogP contribution in [0, 0.1) is 0 Å². The van der Waals surface area contributed by atoms with Crippen molar-refractivity contribution >= 4 is 11.6 Å². The molecule has 0 bridgehead atoms. The van der Waals surface area contributed by atoms with E-state index in [-0.39, 0.29) is 11.9 Å². The van der Waals surface area contributed by atoms with E-state index in [4.69, 9.17) is 0 Å². The number of carbonyl (C=O) groups excluding carboxylic acids is 1. The average Bonchev–Trinajstić information content (AvgIpc) is 3.19. The summed E-state index contributed by atoms with van der Waals surface area (Å²) in [4.78, 5) is 17.6. The molecule has 4 heterocycles. The SMILES string of the molecule is CC1Cc2ccccc2N1C(=O)CN1CCCC(c2nnc3n2CCCCC3)C1. The third-order valence-corrected chi connectivity index (χ3v) is 6.84. The lowest BCUT2D eigenvalue weighted by Gasteiger charge is -2.33. The number of piperidine rings is 1. The molecule has 2 atom stereocenters. The zero-order valence-electron chi connectivity index (χ0n) is 17.4. The number of hydrogen-bond acceptors (Lipinski definition) is 4. The fraction of sp³-hybridized carbons (Fsp3) is 0.609. The second-order valence-corrected chi connectivity index (χ2v) is 8.96. The summed E-state index contributed by atoms with van der Waals surface area (Å²) < 4.78 is 2.38. The molecule has 0 spiro atoms. The second-order valence-electron chi connectivity index (χ2n) is 8.96. The first-order valence-electron chi connectivity index (χ1n) is 11.2. The second kappa shape index (κ2) is 7.90. The van der Waals surface area contributed by atoms with Gasteiger partial charge in [0.15, 0.2) is 0 Å². The third-order valence-electron chi connectivity index (χ3n) is 6.84. The molecule has 0 N–H and O–H groups in total. The van der Waals surface area contributed by atoms with Gasteiger partial charge in [0.05, 0.1) is 6.54 Å². The minimum absolute atomic E-state index is 0.225. The highest BCUT2D eigenvalue weighted by Gasteiger charge is 2.33. The predicted molar refractivity (Wildman–Crippen MR) is 113 cm³/mol. The first kappa shape index (κ1) is 18.8. The Morgan fingerprint density at radius 2 is 2.00 bits per heavy atom. The lowest BCUT2D eigenvalue weighted by atomic mass is 9.97. The van der Waals surface area contributed by atoms with Crippen LogP contribution in [-0.4, -0.2) is 51.2 Å². The Balaban J connectivity index is 1.28. The largest absolute Gasteiger partial charge is 0.315 e. The van der Waals surface area contributed by atoms with Crippen molar-refractivity contribution in [2.24, 2.45) is 0 Å². The zero-order valence-corrected chi connectivity index (χ0v) is 17.4. The molecule has 0 saturated carbocycles. The van der Waals surface area contributed by atoms with Crippen LogP contribution in [0.3, 0.4) is 0 Å². The van der Waals surface area contributed by atoms with Crippen LogP contribution in [-0.2, 0) is 24.2 Å². The molecule has 3 aliphatic heterocycles. The fourth-order valence-corrected chi connectivity index (χ4v) is 5.43. The van der Waals surface area contributed by atoms with Gasteiger partial charge in [0, 0.05) is 37.2 Å². The van der Waals surface area contributed by atoms with Gasteiger partial charge in [0.2, 0.25) is 5.91 Å². The van der Waals surface area contributed by atoms with E-state index in [2.05, 4.69) is 44.8 Å². The molecule has 1 fully saturated rings. The van der Waals surface area contributed by atoms with Gasteiger partial charge >= 0.3 is 0 Å². The highest BCUT2D eigenvalue weighted by molar-refractivity contribution is 5.97. The first-order valence-corrected chi connectivity index (χ1v) is 11.2. The van der Waals surface area contributed by atoms with Gasteiger partial charge in [-0.3, -0.25) is 9.69 Å². The van der Waals surface area contributed by atoms with E-state index in [9.17, 15) is 4.79 Å². The third kappa shape index (κ3) is 3.59. The van der Waals surface area contributed by atoms with Gasteiger partial charge in [-0.25, -0.2) is 0 Å². The smallest absolute Gasteiger partial charge is 0.241 e. The Labute approximate surface area is 172 Å². The van der Waals surface area contributed by atoms with E-state index < -0.39 is 0 Å². The molecule has 154 valence electrons. The van der Waals surface area contributed by atoms with E-state index in [1.807, 2.05) is 11.0 Å². The van der Waals surface area contributed by atoms with Crippen molar-refractivity contribution < 1.29 is 4.79 Å². The number of hydrogen-bond donors (Lipinski definition) is 0.